The maximum atomic E-state index is 5.51. The van der Waals surface area contributed by atoms with E-state index in [0.29, 0.717) is 6.04 Å². The van der Waals surface area contributed by atoms with Gasteiger partial charge in [-0.25, -0.2) is 0 Å². The Kier molecular flexibility index (Phi) is 5.74. The lowest BCUT2D eigenvalue weighted by atomic mass is 9.93. The van der Waals surface area contributed by atoms with Crippen molar-refractivity contribution in [1.29, 1.82) is 0 Å². The molecule has 1 heterocycles. The molecule has 3 heteroatoms. The highest BCUT2D eigenvalue weighted by Crippen LogP contribution is 2.27. The molecule has 0 amide bonds. The lowest BCUT2D eigenvalue weighted by molar-refractivity contribution is 0.204. The van der Waals surface area contributed by atoms with Crippen LogP contribution < -0.4 is 5.32 Å². The molecular formula is C15H28N2S. The van der Waals surface area contributed by atoms with Crippen molar-refractivity contribution in [2.75, 3.05) is 6.54 Å². The highest BCUT2D eigenvalue weighted by molar-refractivity contribution is 7.80. The summed E-state index contributed by atoms with van der Waals surface area (Å²) < 4.78 is 0. The van der Waals surface area contributed by atoms with Gasteiger partial charge in [0.05, 0.1) is 0 Å². The van der Waals surface area contributed by atoms with Crippen molar-refractivity contribution in [3.8, 4) is 0 Å². The highest BCUT2D eigenvalue weighted by atomic mass is 32.1. The van der Waals surface area contributed by atoms with Crippen molar-refractivity contribution in [2.45, 2.75) is 83.2 Å². The van der Waals surface area contributed by atoms with E-state index in [2.05, 4.69) is 17.1 Å². The molecule has 1 saturated carbocycles. The van der Waals surface area contributed by atoms with E-state index in [-0.39, 0.29) is 0 Å². The van der Waals surface area contributed by atoms with Gasteiger partial charge in [0.25, 0.3) is 0 Å². The SMILES string of the molecule is CCCCCCC1CNC(=S)N1C1CCCCC1. The van der Waals surface area contributed by atoms with E-state index in [9.17, 15) is 0 Å². The summed E-state index contributed by atoms with van der Waals surface area (Å²) in [7, 11) is 0. The van der Waals surface area contributed by atoms with Crippen LogP contribution in [-0.2, 0) is 0 Å². The molecule has 0 bridgehead atoms. The van der Waals surface area contributed by atoms with Crippen LogP contribution in [0, 0.1) is 0 Å². The normalized spacial score (nSPS) is 25.5. The predicted octanol–water partition coefficient (Wildman–Crippen LogP) is 3.85. The van der Waals surface area contributed by atoms with Gasteiger partial charge in [-0.05, 0) is 31.5 Å². The van der Waals surface area contributed by atoms with Crippen molar-refractivity contribution >= 4 is 17.3 Å². The van der Waals surface area contributed by atoms with Crippen molar-refractivity contribution < 1.29 is 0 Å². The molecule has 0 radical (unpaired) electrons. The molecule has 0 aromatic rings. The molecule has 104 valence electrons. The maximum absolute atomic E-state index is 5.51. The number of hydrogen-bond donors (Lipinski definition) is 1. The van der Waals surface area contributed by atoms with Gasteiger partial charge in [-0.15, -0.1) is 0 Å². The lowest BCUT2D eigenvalue weighted by Crippen LogP contribution is -2.43. The van der Waals surface area contributed by atoms with Gasteiger partial charge in [-0.3, -0.25) is 0 Å². The summed E-state index contributed by atoms with van der Waals surface area (Å²) in [6.45, 7) is 3.36. The number of unbranched alkanes of at least 4 members (excludes halogenated alkanes) is 3. The molecule has 0 aromatic heterocycles. The van der Waals surface area contributed by atoms with Crippen LogP contribution in [-0.4, -0.2) is 28.6 Å². The first-order valence-electron chi connectivity index (χ1n) is 7.89. The fraction of sp³-hybridized carbons (Fsp3) is 0.933. The summed E-state index contributed by atoms with van der Waals surface area (Å²) in [5, 5.41) is 4.45. The Morgan fingerprint density at radius 1 is 1.17 bits per heavy atom. The molecular weight excluding hydrogens is 240 g/mol. The molecule has 2 aliphatic rings. The third-order valence-corrected chi connectivity index (χ3v) is 4.83. The van der Waals surface area contributed by atoms with Crippen LogP contribution in [0.4, 0.5) is 0 Å². The van der Waals surface area contributed by atoms with Crippen molar-refractivity contribution in [3.63, 3.8) is 0 Å². The van der Waals surface area contributed by atoms with E-state index >= 15 is 0 Å². The summed E-state index contributed by atoms with van der Waals surface area (Å²) in [6.07, 6.45) is 13.7. The average Bonchev–Trinajstić information content (AvgIpc) is 2.77. The molecule has 1 unspecified atom stereocenters. The highest BCUT2D eigenvalue weighted by Gasteiger charge is 2.33. The standard InChI is InChI=1S/C15H28N2S/c1-2-3-4-6-11-14-12-16-15(18)17(14)13-9-7-5-8-10-13/h13-14H,2-12H2,1H3,(H,16,18). The fourth-order valence-electron chi connectivity index (χ4n) is 3.43. The fourth-order valence-corrected chi connectivity index (χ4v) is 3.81. The first-order chi connectivity index (χ1) is 8.83. The topological polar surface area (TPSA) is 15.3 Å². The third-order valence-electron chi connectivity index (χ3n) is 4.48. The van der Waals surface area contributed by atoms with Gasteiger partial charge in [-0.1, -0.05) is 51.9 Å². The quantitative estimate of drug-likeness (QED) is 0.582. The van der Waals surface area contributed by atoms with Gasteiger partial charge in [0.2, 0.25) is 0 Å². The second-order valence-electron chi connectivity index (χ2n) is 5.89. The van der Waals surface area contributed by atoms with E-state index in [0.717, 1.165) is 17.7 Å². The first kappa shape index (κ1) is 14.1. The van der Waals surface area contributed by atoms with Gasteiger partial charge in [0.15, 0.2) is 5.11 Å². The minimum absolute atomic E-state index is 0.678. The summed E-state index contributed by atoms with van der Waals surface area (Å²) >= 11 is 5.51. The minimum atomic E-state index is 0.678. The van der Waals surface area contributed by atoms with Crippen molar-refractivity contribution in [3.05, 3.63) is 0 Å². The second kappa shape index (κ2) is 7.32. The Bertz CT molecular complexity index is 261. The largest absolute Gasteiger partial charge is 0.360 e. The Balaban J connectivity index is 1.82. The Hall–Kier alpha value is -0.310. The van der Waals surface area contributed by atoms with Crippen LogP contribution >= 0.6 is 12.2 Å². The first-order valence-corrected chi connectivity index (χ1v) is 8.30. The van der Waals surface area contributed by atoms with Crippen LogP contribution in [0.3, 0.4) is 0 Å². The Morgan fingerprint density at radius 3 is 2.67 bits per heavy atom. The zero-order valence-electron chi connectivity index (χ0n) is 11.8. The Labute approximate surface area is 118 Å². The van der Waals surface area contributed by atoms with E-state index in [1.54, 1.807) is 0 Å². The zero-order valence-corrected chi connectivity index (χ0v) is 12.6. The molecule has 0 spiro atoms. The van der Waals surface area contributed by atoms with E-state index in [1.165, 1.54) is 64.2 Å². The van der Waals surface area contributed by atoms with Crippen LogP contribution in [0.25, 0.3) is 0 Å². The number of hydrogen-bond acceptors (Lipinski definition) is 1. The molecule has 1 aliphatic heterocycles. The summed E-state index contributed by atoms with van der Waals surface area (Å²) in [5.41, 5.74) is 0. The Morgan fingerprint density at radius 2 is 1.94 bits per heavy atom. The summed E-state index contributed by atoms with van der Waals surface area (Å²) in [6, 6.07) is 1.41. The van der Waals surface area contributed by atoms with Gasteiger partial charge in [0, 0.05) is 18.6 Å². The van der Waals surface area contributed by atoms with Crippen LogP contribution in [0.2, 0.25) is 0 Å². The third kappa shape index (κ3) is 3.59. The van der Waals surface area contributed by atoms with Crippen molar-refractivity contribution in [2.24, 2.45) is 0 Å². The summed E-state index contributed by atoms with van der Waals surface area (Å²) in [5.74, 6) is 0. The molecule has 1 atom stereocenters. The number of nitrogens with one attached hydrogen (secondary N) is 1. The predicted molar refractivity (Wildman–Crippen MR) is 81.9 cm³/mol. The van der Waals surface area contributed by atoms with E-state index < -0.39 is 0 Å². The van der Waals surface area contributed by atoms with Gasteiger partial charge < -0.3 is 10.2 Å². The molecule has 1 aliphatic carbocycles. The average molecular weight is 268 g/mol. The molecule has 1 saturated heterocycles. The van der Waals surface area contributed by atoms with Crippen LogP contribution in [0.15, 0.2) is 0 Å². The minimum Gasteiger partial charge on any atom is -0.360 e. The zero-order chi connectivity index (χ0) is 12.8. The number of nitrogens with zero attached hydrogens (tertiary/aromatic N) is 1. The smallest absolute Gasteiger partial charge is 0.169 e. The lowest BCUT2D eigenvalue weighted by Gasteiger charge is -2.36. The molecule has 2 nitrogen and oxygen atoms in total. The van der Waals surface area contributed by atoms with E-state index in [4.69, 9.17) is 12.2 Å². The van der Waals surface area contributed by atoms with Gasteiger partial charge in [0.1, 0.15) is 0 Å². The van der Waals surface area contributed by atoms with Crippen LogP contribution in [0.5, 0.6) is 0 Å². The molecule has 0 aromatic carbocycles. The molecule has 18 heavy (non-hydrogen) atoms. The second-order valence-corrected chi connectivity index (χ2v) is 6.28. The molecule has 1 N–H and O–H groups in total. The molecule has 2 rings (SSSR count). The van der Waals surface area contributed by atoms with E-state index in [1.807, 2.05) is 0 Å². The summed E-state index contributed by atoms with van der Waals surface area (Å²) in [4.78, 5) is 2.56. The number of thiocarbonyl (C=S) groups is 1. The maximum Gasteiger partial charge on any atom is 0.169 e. The van der Waals surface area contributed by atoms with Crippen molar-refractivity contribution in [1.82, 2.24) is 10.2 Å². The van der Waals surface area contributed by atoms with Crippen LogP contribution in [0.1, 0.15) is 71.1 Å². The van der Waals surface area contributed by atoms with Gasteiger partial charge in [-0.2, -0.15) is 0 Å². The molecule has 2 fully saturated rings. The van der Waals surface area contributed by atoms with Gasteiger partial charge >= 0.3 is 0 Å². The number of rotatable bonds is 6. The monoisotopic (exact) mass is 268 g/mol.